The largest absolute Gasteiger partial charge is 0.482 e. The highest BCUT2D eigenvalue weighted by molar-refractivity contribution is 9.10. The molecule has 0 radical (unpaired) electrons. The van der Waals surface area contributed by atoms with E-state index in [0.717, 1.165) is 16.7 Å². The third kappa shape index (κ3) is 6.88. The minimum Gasteiger partial charge on any atom is -0.482 e. The summed E-state index contributed by atoms with van der Waals surface area (Å²) in [7, 11) is 0. The molecular formula is C21H25BrN2O4. The van der Waals surface area contributed by atoms with Gasteiger partial charge in [0.25, 0.3) is 5.91 Å². The van der Waals surface area contributed by atoms with Crippen molar-refractivity contribution in [3.8, 4) is 5.75 Å². The highest BCUT2D eigenvalue weighted by Gasteiger charge is 2.11. The predicted octanol–water partition coefficient (Wildman–Crippen LogP) is 4.24. The van der Waals surface area contributed by atoms with E-state index in [9.17, 15) is 9.59 Å². The summed E-state index contributed by atoms with van der Waals surface area (Å²) in [6.07, 6.45) is 0. The Kier molecular flexibility index (Phi) is 8.32. The van der Waals surface area contributed by atoms with E-state index in [1.807, 2.05) is 24.3 Å². The number of rotatable bonds is 9. The van der Waals surface area contributed by atoms with Crippen molar-refractivity contribution in [2.45, 2.75) is 26.8 Å². The SMILES string of the molecule is CCN(c1ccc(NC(=O)COC(=O)COc2ccc(Br)cc2)cc1)C(C)C. The Bertz CT molecular complexity index is 776. The van der Waals surface area contributed by atoms with Crippen LogP contribution in [0, 0.1) is 0 Å². The minimum absolute atomic E-state index is 0.258. The lowest BCUT2D eigenvalue weighted by Crippen LogP contribution is -2.30. The molecule has 0 saturated carbocycles. The van der Waals surface area contributed by atoms with Crippen LogP contribution < -0.4 is 15.0 Å². The van der Waals surface area contributed by atoms with Gasteiger partial charge >= 0.3 is 5.97 Å². The molecule has 2 aromatic carbocycles. The molecule has 0 atom stereocenters. The Hall–Kier alpha value is -2.54. The monoisotopic (exact) mass is 448 g/mol. The van der Waals surface area contributed by atoms with Crippen molar-refractivity contribution >= 4 is 39.2 Å². The highest BCUT2D eigenvalue weighted by Crippen LogP contribution is 2.20. The molecule has 6 nitrogen and oxygen atoms in total. The van der Waals surface area contributed by atoms with Crippen molar-refractivity contribution in [1.29, 1.82) is 0 Å². The van der Waals surface area contributed by atoms with Crippen LogP contribution in [0.1, 0.15) is 20.8 Å². The Balaban J connectivity index is 1.75. The molecule has 0 aromatic heterocycles. The summed E-state index contributed by atoms with van der Waals surface area (Å²) in [5.41, 5.74) is 1.74. The molecule has 0 aliphatic heterocycles. The summed E-state index contributed by atoms with van der Waals surface area (Å²) in [6, 6.07) is 15.0. The van der Waals surface area contributed by atoms with Gasteiger partial charge in [-0.05, 0) is 69.3 Å². The Morgan fingerprint density at radius 3 is 2.25 bits per heavy atom. The average Bonchev–Trinajstić information content (AvgIpc) is 2.67. The number of esters is 1. The zero-order chi connectivity index (χ0) is 20.5. The molecule has 1 amide bonds. The van der Waals surface area contributed by atoms with Crippen LogP contribution in [0.25, 0.3) is 0 Å². The molecule has 150 valence electrons. The van der Waals surface area contributed by atoms with Crippen molar-refractivity contribution < 1.29 is 19.1 Å². The second-order valence-corrected chi connectivity index (χ2v) is 7.29. The van der Waals surface area contributed by atoms with Crippen LogP contribution in [0.3, 0.4) is 0 Å². The standard InChI is InChI=1S/C21H25BrN2O4/c1-4-24(15(2)3)18-9-7-17(8-10-18)23-20(25)13-28-21(26)14-27-19-11-5-16(22)6-12-19/h5-12,15H,4,13-14H2,1-3H3,(H,23,25). The number of nitrogens with one attached hydrogen (secondary N) is 1. The number of ether oxygens (including phenoxy) is 2. The van der Waals surface area contributed by atoms with Crippen LogP contribution in [-0.2, 0) is 14.3 Å². The normalized spacial score (nSPS) is 10.5. The predicted molar refractivity (Wildman–Crippen MR) is 114 cm³/mol. The number of hydrogen-bond acceptors (Lipinski definition) is 5. The number of anilines is 2. The molecule has 0 fully saturated rings. The van der Waals surface area contributed by atoms with E-state index in [4.69, 9.17) is 9.47 Å². The maximum atomic E-state index is 12.0. The van der Waals surface area contributed by atoms with Gasteiger partial charge in [0.1, 0.15) is 5.75 Å². The summed E-state index contributed by atoms with van der Waals surface area (Å²) < 4.78 is 11.2. The van der Waals surface area contributed by atoms with Crippen molar-refractivity contribution in [1.82, 2.24) is 0 Å². The van der Waals surface area contributed by atoms with Gasteiger partial charge in [-0.2, -0.15) is 0 Å². The zero-order valence-electron chi connectivity index (χ0n) is 16.3. The molecule has 2 rings (SSSR count). The average molecular weight is 449 g/mol. The molecule has 0 heterocycles. The topological polar surface area (TPSA) is 67.9 Å². The fourth-order valence-electron chi connectivity index (χ4n) is 2.64. The van der Waals surface area contributed by atoms with Crippen LogP contribution in [0.5, 0.6) is 5.75 Å². The lowest BCUT2D eigenvalue weighted by Gasteiger charge is -2.27. The first kappa shape index (κ1) is 21.8. The van der Waals surface area contributed by atoms with Gasteiger partial charge < -0.3 is 19.7 Å². The third-order valence-corrected chi connectivity index (χ3v) is 4.51. The van der Waals surface area contributed by atoms with Crippen molar-refractivity contribution in [3.05, 3.63) is 53.0 Å². The second kappa shape index (κ2) is 10.7. The zero-order valence-corrected chi connectivity index (χ0v) is 17.9. The Morgan fingerprint density at radius 2 is 1.68 bits per heavy atom. The van der Waals surface area contributed by atoms with Gasteiger partial charge in [0.05, 0.1) is 0 Å². The molecular weight excluding hydrogens is 424 g/mol. The number of nitrogens with zero attached hydrogens (tertiary/aromatic N) is 1. The molecule has 0 aliphatic carbocycles. The molecule has 0 saturated heterocycles. The molecule has 28 heavy (non-hydrogen) atoms. The first-order valence-electron chi connectivity index (χ1n) is 9.09. The Labute approximate surface area is 174 Å². The maximum absolute atomic E-state index is 12.0. The van der Waals surface area contributed by atoms with Gasteiger partial charge in [-0.1, -0.05) is 15.9 Å². The van der Waals surface area contributed by atoms with Crippen LogP contribution in [0.15, 0.2) is 53.0 Å². The molecule has 7 heteroatoms. The lowest BCUT2D eigenvalue weighted by molar-refractivity contribution is -0.149. The number of halogens is 1. The maximum Gasteiger partial charge on any atom is 0.344 e. The van der Waals surface area contributed by atoms with Crippen molar-refractivity contribution in [2.75, 3.05) is 30.0 Å². The molecule has 0 spiro atoms. The highest BCUT2D eigenvalue weighted by atomic mass is 79.9. The summed E-state index contributed by atoms with van der Waals surface area (Å²) in [4.78, 5) is 25.9. The van der Waals surface area contributed by atoms with Crippen LogP contribution in [0.4, 0.5) is 11.4 Å². The second-order valence-electron chi connectivity index (χ2n) is 6.38. The molecule has 1 N–H and O–H groups in total. The van der Waals surface area contributed by atoms with Gasteiger partial charge in [-0.25, -0.2) is 4.79 Å². The van der Waals surface area contributed by atoms with Gasteiger partial charge in [0.15, 0.2) is 13.2 Å². The van der Waals surface area contributed by atoms with E-state index in [2.05, 4.69) is 46.9 Å². The number of benzene rings is 2. The fraction of sp³-hybridized carbons (Fsp3) is 0.333. The Morgan fingerprint density at radius 1 is 1.04 bits per heavy atom. The van der Waals surface area contributed by atoms with Gasteiger partial charge in [-0.15, -0.1) is 0 Å². The summed E-state index contributed by atoms with van der Waals surface area (Å²) in [6.45, 7) is 6.65. The summed E-state index contributed by atoms with van der Waals surface area (Å²) in [5.74, 6) is -0.461. The number of amides is 1. The van der Waals surface area contributed by atoms with Crippen molar-refractivity contribution in [2.24, 2.45) is 0 Å². The fourth-order valence-corrected chi connectivity index (χ4v) is 2.90. The van der Waals surface area contributed by atoms with E-state index in [1.165, 1.54) is 0 Å². The molecule has 2 aromatic rings. The number of carbonyl (C=O) groups excluding carboxylic acids is 2. The molecule has 0 aliphatic rings. The van der Waals surface area contributed by atoms with Gasteiger partial charge in [-0.3, -0.25) is 4.79 Å². The van der Waals surface area contributed by atoms with Gasteiger partial charge in [0, 0.05) is 28.4 Å². The lowest BCUT2D eigenvalue weighted by atomic mass is 10.2. The van der Waals surface area contributed by atoms with Crippen LogP contribution >= 0.6 is 15.9 Å². The number of hydrogen-bond donors (Lipinski definition) is 1. The smallest absolute Gasteiger partial charge is 0.344 e. The molecule has 0 unspecified atom stereocenters. The summed E-state index contributed by atoms with van der Waals surface area (Å²) >= 11 is 3.32. The third-order valence-electron chi connectivity index (χ3n) is 3.98. The summed E-state index contributed by atoms with van der Waals surface area (Å²) in [5, 5.41) is 2.71. The van der Waals surface area contributed by atoms with Crippen LogP contribution in [-0.4, -0.2) is 37.7 Å². The van der Waals surface area contributed by atoms with E-state index >= 15 is 0 Å². The van der Waals surface area contributed by atoms with Crippen molar-refractivity contribution in [3.63, 3.8) is 0 Å². The van der Waals surface area contributed by atoms with E-state index in [0.29, 0.717) is 17.5 Å². The van der Waals surface area contributed by atoms with E-state index in [1.54, 1.807) is 24.3 Å². The first-order chi connectivity index (χ1) is 13.4. The van der Waals surface area contributed by atoms with E-state index in [-0.39, 0.29) is 13.2 Å². The van der Waals surface area contributed by atoms with Gasteiger partial charge in [0.2, 0.25) is 0 Å². The minimum atomic E-state index is -0.607. The quantitative estimate of drug-likeness (QED) is 0.580. The molecule has 0 bridgehead atoms. The number of carbonyl (C=O) groups is 2. The van der Waals surface area contributed by atoms with E-state index < -0.39 is 11.9 Å². The van der Waals surface area contributed by atoms with Crippen LogP contribution in [0.2, 0.25) is 0 Å². The first-order valence-corrected chi connectivity index (χ1v) is 9.89.